The third-order valence-corrected chi connectivity index (χ3v) is 4.04. The number of aryl methyl sites for hydroxylation is 1. The quantitative estimate of drug-likeness (QED) is 0.550. The van der Waals surface area contributed by atoms with Gasteiger partial charge in [-0.05, 0) is 29.7 Å². The van der Waals surface area contributed by atoms with Crippen LogP contribution in [0.15, 0.2) is 22.7 Å². The summed E-state index contributed by atoms with van der Waals surface area (Å²) in [7, 11) is 0. The standard InChI is InChI=1S/C11H10BrIO/c12-8-2-3-9-7(5-8)1-4-11(14)10(9)6-13/h2-3,5,10H,1,4,6H2. The van der Waals surface area contributed by atoms with Crippen LogP contribution in [0.25, 0.3) is 0 Å². The highest BCUT2D eigenvalue weighted by Crippen LogP contribution is 2.32. The van der Waals surface area contributed by atoms with Crippen molar-refractivity contribution in [1.82, 2.24) is 0 Å². The predicted molar refractivity (Wildman–Crippen MR) is 69.1 cm³/mol. The Bertz CT molecular complexity index is 376. The number of benzene rings is 1. The van der Waals surface area contributed by atoms with Crippen molar-refractivity contribution >= 4 is 44.3 Å². The second kappa shape index (κ2) is 4.31. The summed E-state index contributed by atoms with van der Waals surface area (Å²) in [6, 6.07) is 6.25. The van der Waals surface area contributed by atoms with Gasteiger partial charge in [-0.1, -0.05) is 44.6 Å². The smallest absolute Gasteiger partial charge is 0.141 e. The number of Topliss-reactive ketones (excluding diaryl/α,β-unsaturated/α-hetero) is 1. The molecule has 0 bridgehead atoms. The zero-order valence-electron chi connectivity index (χ0n) is 7.59. The van der Waals surface area contributed by atoms with Gasteiger partial charge in [0.15, 0.2) is 0 Å². The lowest BCUT2D eigenvalue weighted by molar-refractivity contribution is -0.120. The lowest BCUT2D eigenvalue weighted by Gasteiger charge is -2.22. The summed E-state index contributed by atoms with van der Waals surface area (Å²) < 4.78 is 2.00. The van der Waals surface area contributed by atoms with Crippen LogP contribution in [0.3, 0.4) is 0 Å². The molecule has 14 heavy (non-hydrogen) atoms. The molecular formula is C11H10BrIO. The molecule has 1 nitrogen and oxygen atoms in total. The molecule has 0 aromatic heterocycles. The van der Waals surface area contributed by atoms with Crippen LogP contribution >= 0.6 is 38.5 Å². The predicted octanol–water partition coefficient (Wildman–Crippen LogP) is 3.48. The summed E-state index contributed by atoms with van der Waals surface area (Å²) in [5.41, 5.74) is 2.57. The molecule has 0 spiro atoms. The Morgan fingerprint density at radius 3 is 2.93 bits per heavy atom. The fourth-order valence-corrected chi connectivity index (χ4v) is 3.28. The molecule has 2 rings (SSSR count). The number of hydrogen-bond donors (Lipinski definition) is 0. The summed E-state index contributed by atoms with van der Waals surface area (Å²) >= 11 is 5.76. The highest BCUT2D eigenvalue weighted by molar-refractivity contribution is 14.1. The molecule has 1 unspecified atom stereocenters. The second-order valence-corrected chi connectivity index (χ2v) is 5.31. The summed E-state index contributed by atoms with van der Waals surface area (Å²) in [6.07, 6.45) is 1.61. The van der Waals surface area contributed by atoms with Gasteiger partial charge in [0.05, 0.1) is 5.92 Å². The number of carbonyl (C=O) groups is 1. The van der Waals surface area contributed by atoms with Crippen molar-refractivity contribution in [2.75, 3.05) is 4.43 Å². The molecule has 0 N–H and O–H groups in total. The van der Waals surface area contributed by atoms with Crippen LogP contribution in [0.1, 0.15) is 23.5 Å². The van der Waals surface area contributed by atoms with E-state index in [0.717, 1.165) is 15.3 Å². The minimum absolute atomic E-state index is 0.132. The fourth-order valence-electron chi connectivity index (χ4n) is 1.91. The number of ketones is 1. The minimum atomic E-state index is 0.132. The number of carbonyl (C=O) groups excluding carboxylic acids is 1. The first-order valence-corrected chi connectivity index (χ1v) is 6.91. The molecule has 74 valence electrons. The van der Waals surface area contributed by atoms with Crippen molar-refractivity contribution in [3.8, 4) is 0 Å². The molecule has 1 aromatic carbocycles. The van der Waals surface area contributed by atoms with Gasteiger partial charge < -0.3 is 0 Å². The van der Waals surface area contributed by atoms with Gasteiger partial charge in [-0.2, -0.15) is 0 Å². The van der Waals surface area contributed by atoms with Crippen molar-refractivity contribution in [1.29, 1.82) is 0 Å². The maximum atomic E-state index is 11.7. The van der Waals surface area contributed by atoms with E-state index in [1.807, 2.05) is 6.07 Å². The number of halogens is 2. The van der Waals surface area contributed by atoms with E-state index in [4.69, 9.17) is 0 Å². The molecule has 0 radical (unpaired) electrons. The van der Waals surface area contributed by atoms with E-state index < -0.39 is 0 Å². The lowest BCUT2D eigenvalue weighted by atomic mass is 9.83. The average Bonchev–Trinajstić information content (AvgIpc) is 2.18. The highest BCUT2D eigenvalue weighted by Gasteiger charge is 2.26. The molecule has 0 amide bonds. The largest absolute Gasteiger partial charge is 0.299 e. The summed E-state index contributed by atoms with van der Waals surface area (Å²) in [4.78, 5) is 11.7. The van der Waals surface area contributed by atoms with Gasteiger partial charge in [-0.3, -0.25) is 4.79 Å². The topological polar surface area (TPSA) is 17.1 Å². The van der Waals surface area contributed by atoms with Gasteiger partial charge in [0.25, 0.3) is 0 Å². The van der Waals surface area contributed by atoms with Crippen molar-refractivity contribution in [3.63, 3.8) is 0 Å². The van der Waals surface area contributed by atoms with E-state index in [0.29, 0.717) is 12.2 Å². The van der Waals surface area contributed by atoms with Crippen LogP contribution in [0, 0.1) is 0 Å². The summed E-state index contributed by atoms with van der Waals surface area (Å²) in [5, 5.41) is 0. The Morgan fingerprint density at radius 2 is 2.21 bits per heavy atom. The average molecular weight is 365 g/mol. The van der Waals surface area contributed by atoms with E-state index in [9.17, 15) is 4.79 Å². The molecule has 0 aliphatic heterocycles. The van der Waals surface area contributed by atoms with E-state index in [1.54, 1.807) is 0 Å². The number of fused-ring (bicyclic) bond motifs is 1. The Morgan fingerprint density at radius 1 is 1.43 bits per heavy atom. The van der Waals surface area contributed by atoms with Gasteiger partial charge >= 0.3 is 0 Å². The zero-order valence-corrected chi connectivity index (χ0v) is 11.3. The van der Waals surface area contributed by atoms with Gasteiger partial charge in [-0.25, -0.2) is 0 Å². The second-order valence-electron chi connectivity index (χ2n) is 3.52. The third kappa shape index (κ3) is 1.89. The van der Waals surface area contributed by atoms with Crippen LogP contribution < -0.4 is 0 Å². The normalized spacial score (nSPS) is 20.7. The Kier molecular flexibility index (Phi) is 3.27. The first-order chi connectivity index (χ1) is 6.72. The fraction of sp³-hybridized carbons (Fsp3) is 0.364. The molecule has 0 saturated heterocycles. The molecule has 1 atom stereocenters. The first-order valence-electron chi connectivity index (χ1n) is 4.59. The van der Waals surface area contributed by atoms with Crippen LogP contribution in [-0.4, -0.2) is 10.2 Å². The minimum Gasteiger partial charge on any atom is -0.299 e. The SMILES string of the molecule is O=C1CCc2cc(Br)ccc2C1CI. The molecule has 0 heterocycles. The van der Waals surface area contributed by atoms with Crippen LogP contribution in [0.2, 0.25) is 0 Å². The van der Waals surface area contributed by atoms with E-state index in [1.165, 1.54) is 11.1 Å². The van der Waals surface area contributed by atoms with Crippen molar-refractivity contribution in [2.45, 2.75) is 18.8 Å². The van der Waals surface area contributed by atoms with Crippen molar-refractivity contribution in [2.24, 2.45) is 0 Å². The summed E-state index contributed by atoms with van der Waals surface area (Å²) in [6.45, 7) is 0. The zero-order chi connectivity index (χ0) is 10.1. The molecule has 3 heteroatoms. The molecule has 0 fully saturated rings. The Balaban J connectivity index is 2.47. The van der Waals surface area contributed by atoms with E-state index in [-0.39, 0.29) is 5.92 Å². The first kappa shape index (κ1) is 10.6. The maximum Gasteiger partial charge on any atom is 0.141 e. The monoisotopic (exact) mass is 364 g/mol. The Labute approximate surface area is 106 Å². The van der Waals surface area contributed by atoms with Gasteiger partial charge in [0, 0.05) is 15.3 Å². The van der Waals surface area contributed by atoms with Crippen LogP contribution in [0.5, 0.6) is 0 Å². The number of alkyl halides is 1. The molecular weight excluding hydrogens is 355 g/mol. The van der Waals surface area contributed by atoms with Crippen molar-refractivity contribution < 1.29 is 4.79 Å². The molecule has 1 aliphatic rings. The molecule has 1 aromatic rings. The van der Waals surface area contributed by atoms with Gasteiger partial charge in [-0.15, -0.1) is 0 Å². The van der Waals surface area contributed by atoms with E-state index in [2.05, 4.69) is 50.7 Å². The lowest BCUT2D eigenvalue weighted by Crippen LogP contribution is -2.21. The highest BCUT2D eigenvalue weighted by atomic mass is 127. The van der Waals surface area contributed by atoms with Crippen LogP contribution in [-0.2, 0) is 11.2 Å². The van der Waals surface area contributed by atoms with Gasteiger partial charge in [0.1, 0.15) is 5.78 Å². The Hall–Kier alpha value is 0.1000. The maximum absolute atomic E-state index is 11.7. The van der Waals surface area contributed by atoms with Gasteiger partial charge in [0.2, 0.25) is 0 Å². The third-order valence-electron chi connectivity index (χ3n) is 2.66. The summed E-state index contributed by atoms with van der Waals surface area (Å²) in [5.74, 6) is 0.529. The van der Waals surface area contributed by atoms with Crippen LogP contribution in [0.4, 0.5) is 0 Å². The van der Waals surface area contributed by atoms with E-state index >= 15 is 0 Å². The molecule has 0 saturated carbocycles. The van der Waals surface area contributed by atoms with Crippen molar-refractivity contribution in [3.05, 3.63) is 33.8 Å². The molecule has 1 aliphatic carbocycles. The number of rotatable bonds is 1. The number of hydrogen-bond acceptors (Lipinski definition) is 1.